The highest BCUT2D eigenvalue weighted by Crippen LogP contribution is 2.27. The molecule has 0 bridgehead atoms. The fraction of sp³-hybridized carbons (Fsp3) is 0.125. The lowest BCUT2D eigenvalue weighted by molar-refractivity contribution is -0.119. The summed E-state index contributed by atoms with van der Waals surface area (Å²) >= 11 is 3.40. The van der Waals surface area contributed by atoms with E-state index >= 15 is 0 Å². The van der Waals surface area contributed by atoms with E-state index in [1.54, 1.807) is 42.5 Å². The first-order valence-electron chi connectivity index (χ1n) is 9.84. The molecule has 0 saturated carbocycles. The van der Waals surface area contributed by atoms with Crippen molar-refractivity contribution in [1.29, 1.82) is 0 Å². The number of benzene rings is 3. The number of nitrogens with one attached hydrogen (secondary N) is 1. The summed E-state index contributed by atoms with van der Waals surface area (Å²) in [6.45, 7) is 0.173. The van der Waals surface area contributed by atoms with Gasteiger partial charge in [-0.05, 0) is 65.7 Å². The predicted octanol–water partition coefficient (Wildman–Crippen LogP) is 3.66. The number of primary amides is 1. The number of hydrazone groups is 1. The monoisotopic (exact) mass is 511 g/mol. The SMILES string of the molecule is COc1cc(/C=N/NC(=O)c2ccc(OCc3ccc(Br)cc3)cc2)ccc1OCC(N)=O. The Labute approximate surface area is 199 Å². The number of methoxy groups -OCH3 is 1. The molecule has 170 valence electrons. The first kappa shape index (κ1) is 23.8. The zero-order valence-electron chi connectivity index (χ0n) is 17.8. The van der Waals surface area contributed by atoms with E-state index in [0.717, 1.165) is 10.0 Å². The van der Waals surface area contributed by atoms with Gasteiger partial charge in [0.05, 0.1) is 13.3 Å². The minimum Gasteiger partial charge on any atom is -0.493 e. The summed E-state index contributed by atoms with van der Waals surface area (Å²) < 4.78 is 17.3. The Morgan fingerprint density at radius 3 is 2.39 bits per heavy atom. The van der Waals surface area contributed by atoms with Gasteiger partial charge < -0.3 is 19.9 Å². The van der Waals surface area contributed by atoms with E-state index in [1.165, 1.54) is 13.3 Å². The van der Waals surface area contributed by atoms with Crippen LogP contribution in [-0.2, 0) is 11.4 Å². The molecule has 0 spiro atoms. The largest absolute Gasteiger partial charge is 0.493 e. The van der Waals surface area contributed by atoms with Gasteiger partial charge in [0.1, 0.15) is 12.4 Å². The second kappa shape index (κ2) is 11.7. The van der Waals surface area contributed by atoms with Crippen LogP contribution < -0.4 is 25.4 Å². The quantitative estimate of drug-likeness (QED) is 0.318. The number of hydrogen-bond donors (Lipinski definition) is 2. The number of halogens is 1. The third-order valence-electron chi connectivity index (χ3n) is 4.37. The molecule has 0 aliphatic carbocycles. The van der Waals surface area contributed by atoms with E-state index in [-0.39, 0.29) is 12.5 Å². The predicted molar refractivity (Wildman–Crippen MR) is 128 cm³/mol. The van der Waals surface area contributed by atoms with Crippen molar-refractivity contribution in [3.63, 3.8) is 0 Å². The molecule has 9 heteroatoms. The Bertz CT molecular complexity index is 1130. The van der Waals surface area contributed by atoms with Crippen molar-refractivity contribution in [3.05, 3.63) is 87.9 Å². The lowest BCUT2D eigenvalue weighted by atomic mass is 10.2. The third-order valence-corrected chi connectivity index (χ3v) is 4.90. The summed E-state index contributed by atoms with van der Waals surface area (Å²) in [5.41, 5.74) is 9.70. The van der Waals surface area contributed by atoms with E-state index in [4.69, 9.17) is 19.9 Å². The van der Waals surface area contributed by atoms with Crippen molar-refractivity contribution in [3.8, 4) is 17.2 Å². The molecule has 3 aromatic carbocycles. The van der Waals surface area contributed by atoms with Crippen molar-refractivity contribution in [2.75, 3.05) is 13.7 Å². The molecule has 0 saturated heterocycles. The summed E-state index contributed by atoms with van der Waals surface area (Å²) in [6.07, 6.45) is 1.47. The van der Waals surface area contributed by atoms with E-state index in [0.29, 0.717) is 35.0 Å². The van der Waals surface area contributed by atoms with Crippen molar-refractivity contribution in [2.24, 2.45) is 10.8 Å². The molecule has 0 aromatic heterocycles. The summed E-state index contributed by atoms with van der Waals surface area (Å²) in [7, 11) is 1.47. The number of nitrogens with two attached hydrogens (primary N) is 1. The molecular formula is C24H22BrN3O5. The number of ether oxygens (including phenoxy) is 3. The molecule has 0 fully saturated rings. The molecule has 2 amide bonds. The van der Waals surface area contributed by atoms with Crippen LogP contribution in [0.5, 0.6) is 17.2 Å². The van der Waals surface area contributed by atoms with E-state index in [9.17, 15) is 9.59 Å². The Hall–Kier alpha value is -3.85. The molecule has 0 aliphatic heterocycles. The standard InChI is InChI=1S/C24H22BrN3O5/c1-31-22-12-17(4-11-21(22)33-15-23(26)29)13-27-28-24(30)18-5-9-20(10-6-18)32-14-16-2-7-19(25)8-3-16/h2-13H,14-15H2,1H3,(H2,26,29)(H,28,30)/b27-13+. The first-order valence-corrected chi connectivity index (χ1v) is 10.6. The van der Waals surface area contributed by atoms with Crippen LogP contribution in [0.2, 0.25) is 0 Å². The van der Waals surface area contributed by atoms with Gasteiger partial charge in [0.2, 0.25) is 0 Å². The van der Waals surface area contributed by atoms with Crippen LogP contribution in [0.3, 0.4) is 0 Å². The Morgan fingerprint density at radius 1 is 1.00 bits per heavy atom. The van der Waals surface area contributed by atoms with Crippen molar-refractivity contribution in [2.45, 2.75) is 6.61 Å². The summed E-state index contributed by atoms with van der Waals surface area (Å²) in [6, 6.07) is 19.6. The molecule has 3 N–H and O–H groups in total. The average molecular weight is 512 g/mol. The molecule has 0 heterocycles. The fourth-order valence-electron chi connectivity index (χ4n) is 2.71. The second-order valence-electron chi connectivity index (χ2n) is 6.80. The highest BCUT2D eigenvalue weighted by atomic mass is 79.9. The van der Waals surface area contributed by atoms with Gasteiger partial charge in [0.15, 0.2) is 18.1 Å². The van der Waals surface area contributed by atoms with Gasteiger partial charge >= 0.3 is 0 Å². The number of hydrogen-bond acceptors (Lipinski definition) is 6. The zero-order valence-corrected chi connectivity index (χ0v) is 19.4. The van der Waals surface area contributed by atoms with Gasteiger partial charge in [-0.3, -0.25) is 9.59 Å². The van der Waals surface area contributed by atoms with Gasteiger partial charge in [-0.1, -0.05) is 28.1 Å². The molecule has 33 heavy (non-hydrogen) atoms. The van der Waals surface area contributed by atoms with Crippen molar-refractivity contribution < 1.29 is 23.8 Å². The Morgan fingerprint density at radius 2 is 1.73 bits per heavy atom. The summed E-state index contributed by atoms with van der Waals surface area (Å²) in [4.78, 5) is 23.2. The highest BCUT2D eigenvalue weighted by Gasteiger charge is 2.07. The molecule has 0 atom stereocenters. The minimum absolute atomic E-state index is 0.256. The normalized spacial score (nSPS) is 10.6. The van der Waals surface area contributed by atoms with Crippen LogP contribution in [-0.4, -0.2) is 31.7 Å². The lowest BCUT2D eigenvalue weighted by Gasteiger charge is -2.09. The molecule has 3 rings (SSSR count). The van der Waals surface area contributed by atoms with E-state index in [1.807, 2.05) is 24.3 Å². The Kier molecular flexibility index (Phi) is 8.43. The first-order chi connectivity index (χ1) is 15.9. The number of amides is 2. The second-order valence-corrected chi connectivity index (χ2v) is 7.72. The maximum Gasteiger partial charge on any atom is 0.271 e. The van der Waals surface area contributed by atoms with Gasteiger partial charge in [-0.2, -0.15) is 5.10 Å². The highest BCUT2D eigenvalue weighted by molar-refractivity contribution is 9.10. The number of carbonyl (C=O) groups excluding carboxylic acids is 2. The van der Waals surface area contributed by atoms with E-state index in [2.05, 4.69) is 26.5 Å². The maximum atomic E-state index is 12.3. The van der Waals surface area contributed by atoms with Crippen LogP contribution in [0.4, 0.5) is 0 Å². The maximum absolute atomic E-state index is 12.3. The molecule has 0 aliphatic rings. The van der Waals surface area contributed by atoms with Crippen LogP contribution in [0.1, 0.15) is 21.5 Å². The number of carbonyl (C=O) groups is 2. The van der Waals surface area contributed by atoms with Gasteiger partial charge in [-0.15, -0.1) is 0 Å². The topological polar surface area (TPSA) is 112 Å². The molecule has 0 unspecified atom stereocenters. The van der Waals surface area contributed by atoms with Gasteiger partial charge in [-0.25, -0.2) is 5.43 Å². The van der Waals surface area contributed by atoms with Crippen molar-refractivity contribution >= 4 is 34.0 Å². The van der Waals surface area contributed by atoms with Gasteiger partial charge in [0, 0.05) is 10.0 Å². The summed E-state index contributed by atoms with van der Waals surface area (Å²) in [5.74, 6) is 0.488. The summed E-state index contributed by atoms with van der Waals surface area (Å²) in [5, 5.41) is 3.97. The molecule has 8 nitrogen and oxygen atoms in total. The zero-order chi connectivity index (χ0) is 23.6. The Balaban J connectivity index is 1.53. The van der Waals surface area contributed by atoms with Crippen LogP contribution in [0, 0.1) is 0 Å². The van der Waals surface area contributed by atoms with Gasteiger partial charge in [0.25, 0.3) is 11.8 Å². The lowest BCUT2D eigenvalue weighted by Crippen LogP contribution is -2.20. The fourth-order valence-corrected chi connectivity index (χ4v) is 2.98. The van der Waals surface area contributed by atoms with E-state index < -0.39 is 5.91 Å². The number of rotatable bonds is 10. The average Bonchev–Trinajstić information content (AvgIpc) is 2.83. The minimum atomic E-state index is -0.588. The molecule has 3 aromatic rings. The van der Waals surface area contributed by atoms with Crippen LogP contribution in [0.15, 0.2) is 76.3 Å². The van der Waals surface area contributed by atoms with Crippen LogP contribution >= 0.6 is 15.9 Å². The third kappa shape index (κ3) is 7.36. The van der Waals surface area contributed by atoms with Crippen molar-refractivity contribution in [1.82, 2.24) is 5.43 Å². The molecular weight excluding hydrogens is 490 g/mol. The number of nitrogens with zero attached hydrogens (tertiary/aromatic N) is 1. The van der Waals surface area contributed by atoms with Crippen LogP contribution in [0.25, 0.3) is 0 Å². The molecule has 0 radical (unpaired) electrons. The smallest absolute Gasteiger partial charge is 0.271 e.